The van der Waals surface area contributed by atoms with E-state index in [0.29, 0.717) is 12.0 Å². The molecule has 0 aliphatic carbocycles. The van der Waals surface area contributed by atoms with Crippen LogP contribution in [0.5, 0.6) is 5.75 Å². The largest absolute Gasteiger partial charge is 0.507 e. The van der Waals surface area contributed by atoms with Crippen LogP contribution in [0.3, 0.4) is 0 Å². The molecule has 0 fully saturated rings. The number of rotatable bonds is 18. The van der Waals surface area contributed by atoms with Gasteiger partial charge in [-0.05, 0) is 24.6 Å². The van der Waals surface area contributed by atoms with E-state index in [1.165, 1.54) is 95.2 Å². The van der Waals surface area contributed by atoms with Crippen LogP contribution in [-0.4, -0.2) is 22.0 Å². The maximum absolute atomic E-state index is 12.2. The fourth-order valence-electron chi connectivity index (χ4n) is 3.68. The lowest BCUT2D eigenvalue weighted by Gasteiger charge is -2.05. The average molecular weight is 405 g/mol. The predicted octanol–water partition coefficient (Wildman–Crippen LogP) is 7.53. The molecule has 1 aromatic rings. The average Bonchev–Trinajstić information content (AvgIpc) is 2.70. The highest BCUT2D eigenvalue weighted by Crippen LogP contribution is 2.20. The van der Waals surface area contributed by atoms with Gasteiger partial charge in [-0.2, -0.15) is 0 Å². The van der Waals surface area contributed by atoms with Gasteiger partial charge in [-0.3, -0.25) is 4.79 Å². The number of hydrogen-bond acceptors (Lipinski definition) is 3. The number of carbonyl (C=O) groups is 2. The number of phenols is 1. The van der Waals surface area contributed by atoms with Crippen molar-refractivity contribution in [2.45, 2.75) is 110 Å². The zero-order chi connectivity index (χ0) is 21.3. The van der Waals surface area contributed by atoms with Crippen molar-refractivity contribution in [3.8, 4) is 5.75 Å². The van der Waals surface area contributed by atoms with Gasteiger partial charge >= 0.3 is 5.97 Å². The molecule has 0 spiro atoms. The summed E-state index contributed by atoms with van der Waals surface area (Å²) in [6.07, 6.45) is 19.7. The minimum absolute atomic E-state index is 0.0535. The second kappa shape index (κ2) is 16.0. The summed E-state index contributed by atoms with van der Waals surface area (Å²) in [7, 11) is 0. The van der Waals surface area contributed by atoms with Crippen LogP contribution in [0.1, 0.15) is 130 Å². The smallest absolute Gasteiger partial charge is 0.339 e. The number of carboxylic acid groups (broad SMARTS) is 1. The first-order valence-electron chi connectivity index (χ1n) is 11.7. The first-order valence-corrected chi connectivity index (χ1v) is 11.7. The SMILES string of the molecule is CCCCCCCCCCCCCCCCCC(=O)c1ccc(O)c(C(=O)O)c1. The third-order valence-electron chi connectivity index (χ3n) is 5.56. The van der Waals surface area contributed by atoms with Gasteiger partial charge in [0.25, 0.3) is 0 Å². The summed E-state index contributed by atoms with van der Waals surface area (Å²) >= 11 is 0. The van der Waals surface area contributed by atoms with Crippen LogP contribution >= 0.6 is 0 Å². The summed E-state index contributed by atoms with van der Waals surface area (Å²) in [5.41, 5.74) is 0.151. The first kappa shape index (κ1) is 25.2. The van der Waals surface area contributed by atoms with Crippen LogP contribution < -0.4 is 0 Å². The highest BCUT2D eigenvalue weighted by Gasteiger charge is 2.13. The second-order valence-electron chi connectivity index (χ2n) is 8.16. The molecule has 0 aliphatic heterocycles. The molecule has 0 aromatic heterocycles. The molecule has 1 aromatic carbocycles. The Hall–Kier alpha value is -1.84. The van der Waals surface area contributed by atoms with Gasteiger partial charge < -0.3 is 10.2 Å². The quantitative estimate of drug-likeness (QED) is 0.196. The first-order chi connectivity index (χ1) is 14.1. The maximum atomic E-state index is 12.2. The van der Waals surface area contributed by atoms with Crippen molar-refractivity contribution in [1.82, 2.24) is 0 Å². The molecule has 0 amide bonds. The molecule has 0 bridgehead atoms. The molecule has 2 N–H and O–H groups in total. The zero-order valence-electron chi connectivity index (χ0n) is 18.3. The molecule has 0 saturated heterocycles. The van der Waals surface area contributed by atoms with Crippen LogP contribution in [0.2, 0.25) is 0 Å². The lowest BCUT2D eigenvalue weighted by atomic mass is 10.0. The summed E-state index contributed by atoms with van der Waals surface area (Å²) in [6, 6.07) is 4.05. The van der Waals surface area contributed by atoms with Crippen molar-refractivity contribution < 1.29 is 19.8 Å². The standard InChI is InChI=1S/C25H40O4/c1-2-3-4-5-6-7-8-9-10-11-12-13-14-15-16-17-23(26)21-18-19-24(27)22(20-21)25(28)29/h18-20,27H,2-17H2,1H3,(H,28,29). The highest BCUT2D eigenvalue weighted by atomic mass is 16.4. The Labute approximate surface area is 176 Å². The van der Waals surface area contributed by atoms with Crippen molar-refractivity contribution in [3.05, 3.63) is 29.3 Å². The van der Waals surface area contributed by atoms with Gasteiger partial charge in [0.05, 0.1) is 0 Å². The van der Waals surface area contributed by atoms with E-state index in [0.717, 1.165) is 19.3 Å². The molecule has 0 unspecified atom stereocenters. The Morgan fingerprint density at radius 3 is 1.62 bits per heavy atom. The van der Waals surface area contributed by atoms with E-state index in [-0.39, 0.29) is 17.1 Å². The van der Waals surface area contributed by atoms with E-state index in [4.69, 9.17) is 5.11 Å². The number of Topliss-reactive ketones (excluding diaryl/α,β-unsaturated/α-hetero) is 1. The van der Waals surface area contributed by atoms with Crippen molar-refractivity contribution in [2.24, 2.45) is 0 Å². The third-order valence-corrected chi connectivity index (χ3v) is 5.56. The molecular weight excluding hydrogens is 364 g/mol. The van der Waals surface area contributed by atoms with Crippen LogP contribution in [-0.2, 0) is 0 Å². The second-order valence-corrected chi connectivity index (χ2v) is 8.16. The molecular formula is C25H40O4. The van der Waals surface area contributed by atoms with Gasteiger partial charge in [-0.25, -0.2) is 4.79 Å². The number of benzene rings is 1. The van der Waals surface area contributed by atoms with Gasteiger partial charge in [0.2, 0.25) is 0 Å². The molecule has 164 valence electrons. The Kier molecular flexibility index (Phi) is 13.9. The number of aromatic carboxylic acids is 1. The normalized spacial score (nSPS) is 10.9. The molecule has 0 saturated carbocycles. The van der Waals surface area contributed by atoms with Gasteiger partial charge in [0, 0.05) is 12.0 Å². The fourth-order valence-corrected chi connectivity index (χ4v) is 3.68. The van der Waals surface area contributed by atoms with Crippen molar-refractivity contribution in [3.63, 3.8) is 0 Å². The molecule has 4 nitrogen and oxygen atoms in total. The molecule has 1 rings (SSSR count). The van der Waals surface area contributed by atoms with Crippen LogP contribution in [0.4, 0.5) is 0 Å². The van der Waals surface area contributed by atoms with Gasteiger partial charge in [0.1, 0.15) is 11.3 Å². The van der Waals surface area contributed by atoms with Gasteiger partial charge in [-0.15, -0.1) is 0 Å². The Bertz CT molecular complexity index is 594. The highest BCUT2D eigenvalue weighted by molar-refractivity contribution is 5.99. The molecule has 0 radical (unpaired) electrons. The van der Waals surface area contributed by atoms with Crippen LogP contribution in [0, 0.1) is 0 Å². The third kappa shape index (κ3) is 11.7. The predicted molar refractivity (Wildman–Crippen MR) is 119 cm³/mol. The van der Waals surface area contributed by atoms with Crippen molar-refractivity contribution >= 4 is 11.8 Å². The summed E-state index contributed by atoms with van der Waals surface area (Å²) in [5.74, 6) is -1.58. The topological polar surface area (TPSA) is 74.6 Å². The molecule has 0 aliphatic rings. The summed E-state index contributed by atoms with van der Waals surface area (Å²) in [4.78, 5) is 23.2. The molecule has 4 heteroatoms. The minimum atomic E-state index is -1.22. The number of hydrogen-bond donors (Lipinski definition) is 2. The lowest BCUT2D eigenvalue weighted by molar-refractivity contribution is 0.0693. The molecule has 0 heterocycles. The maximum Gasteiger partial charge on any atom is 0.339 e. The zero-order valence-corrected chi connectivity index (χ0v) is 18.3. The van der Waals surface area contributed by atoms with E-state index in [9.17, 15) is 14.7 Å². The minimum Gasteiger partial charge on any atom is -0.507 e. The van der Waals surface area contributed by atoms with E-state index in [1.54, 1.807) is 0 Å². The van der Waals surface area contributed by atoms with E-state index < -0.39 is 5.97 Å². The number of carbonyl (C=O) groups excluding carboxylic acids is 1. The summed E-state index contributed by atoms with van der Waals surface area (Å²) < 4.78 is 0. The Morgan fingerprint density at radius 1 is 0.724 bits per heavy atom. The number of ketones is 1. The summed E-state index contributed by atoms with van der Waals surface area (Å²) in [5, 5.41) is 18.5. The summed E-state index contributed by atoms with van der Waals surface area (Å²) in [6.45, 7) is 2.26. The van der Waals surface area contributed by atoms with E-state index in [1.807, 2.05) is 0 Å². The Morgan fingerprint density at radius 2 is 1.17 bits per heavy atom. The number of carboxylic acids is 1. The molecule has 0 atom stereocenters. The van der Waals surface area contributed by atoms with Gasteiger partial charge in [-0.1, -0.05) is 96.8 Å². The van der Waals surface area contributed by atoms with E-state index >= 15 is 0 Å². The van der Waals surface area contributed by atoms with Crippen LogP contribution in [0.25, 0.3) is 0 Å². The Balaban J connectivity index is 1.98. The monoisotopic (exact) mass is 404 g/mol. The van der Waals surface area contributed by atoms with Crippen molar-refractivity contribution in [2.75, 3.05) is 0 Å². The number of aromatic hydroxyl groups is 1. The fraction of sp³-hybridized carbons (Fsp3) is 0.680. The van der Waals surface area contributed by atoms with Gasteiger partial charge in [0.15, 0.2) is 5.78 Å². The van der Waals surface area contributed by atoms with Crippen molar-refractivity contribution in [1.29, 1.82) is 0 Å². The molecule has 29 heavy (non-hydrogen) atoms. The lowest BCUT2D eigenvalue weighted by Crippen LogP contribution is -2.03. The number of unbranched alkanes of at least 4 members (excludes halogenated alkanes) is 14. The van der Waals surface area contributed by atoms with E-state index in [2.05, 4.69) is 6.92 Å². The van der Waals surface area contributed by atoms with Crippen LogP contribution in [0.15, 0.2) is 18.2 Å².